The van der Waals surface area contributed by atoms with Crippen molar-refractivity contribution in [2.45, 2.75) is 58.0 Å². The van der Waals surface area contributed by atoms with Crippen molar-refractivity contribution < 1.29 is 0 Å². The van der Waals surface area contributed by atoms with Gasteiger partial charge in [-0.15, -0.1) is 0 Å². The van der Waals surface area contributed by atoms with Crippen LogP contribution in [-0.2, 0) is 18.5 Å². The quantitative estimate of drug-likeness (QED) is 0.942. The van der Waals surface area contributed by atoms with E-state index in [-0.39, 0.29) is 5.41 Å². The molecule has 1 aliphatic rings. The molecule has 2 aromatic rings. The summed E-state index contributed by atoms with van der Waals surface area (Å²) in [5.74, 6) is 1.78. The summed E-state index contributed by atoms with van der Waals surface area (Å²) in [5.41, 5.74) is 2.62. The summed E-state index contributed by atoms with van der Waals surface area (Å²) in [6.07, 6.45) is 8.42. The predicted molar refractivity (Wildman–Crippen MR) is 88.8 cm³/mol. The zero-order valence-corrected chi connectivity index (χ0v) is 13.8. The molecule has 0 saturated heterocycles. The first-order valence-electron chi connectivity index (χ1n) is 8.21. The van der Waals surface area contributed by atoms with Crippen LogP contribution in [0.3, 0.4) is 0 Å². The van der Waals surface area contributed by atoms with Gasteiger partial charge in [-0.05, 0) is 30.5 Å². The van der Waals surface area contributed by atoms with Crippen LogP contribution in [-0.4, -0.2) is 21.1 Å². The van der Waals surface area contributed by atoms with Gasteiger partial charge in [0.1, 0.15) is 5.82 Å². The predicted octanol–water partition coefficient (Wildman–Crippen LogP) is 3.24. The van der Waals surface area contributed by atoms with Crippen molar-refractivity contribution in [2.75, 3.05) is 6.54 Å². The lowest BCUT2D eigenvalue weighted by atomic mass is 9.93. The number of nitrogens with zero attached hydrogens (tertiary/aromatic N) is 3. The highest BCUT2D eigenvalue weighted by Crippen LogP contribution is 2.30. The van der Waals surface area contributed by atoms with Gasteiger partial charge >= 0.3 is 0 Å². The molecule has 0 bridgehead atoms. The fourth-order valence-corrected chi connectivity index (χ4v) is 3.02. The molecule has 4 heteroatoms. The van der Waals surface area contributed by atoms with E-state index in [0.717, 1.165) is 19.6 Å². The van der Waals surface area contributed by atoms with Crippen LogP contribution in [0, 0.1) is 0 Å². The largest absolute Gasteiger partial charge is 0.334 e. The van der Waals surface area contributed by atoms with E-state index in [4.69, 9.17) is 4.98 Å². The van der Waals surface area contributed by atoms with Crippen molar-refractivity contribution in [1.82, 2.24) is 19.9 Å². The van der Waals surface area contributed by atoms with Gasteiger partial charge in [0.15, 0.2) is 0 Å². The minimum Gasteiger partial charge on any atom is -0.334 e. The van der Waals surface area contributed by atoms with Gasteiger partial charge in [0, 0.05) is 49.6 Å². The maximum absolute atomic E-state index is 4.94. The SMILES string of the molecule is CC(C)(C)c1cn2c(n1)C(CNCc1ccncc1)CCC2. The average molecular weight is 298 g/mol. The minimum absolute atomic E-state index is 0.124. The summed E-state index contributed by atoms with van der Waals surface area (Å²) in [4.78, 5) is 9.00. The Morgan fingerprint density at radius 2 is 2.05 bits per heavy atom. The summed E-state index contributed by atoms with van der Waals surface area (Å²) in [6.45, 7) is 9.70. The number of aromatic nitrogens is 3. The van der Waals surface area contributed by atoms with Gasteiger partial charge in [-0.25, -0.2) is 4.98 Å². The Morgan fingerprint density at radius 3 is 2.77 bits per heavy atom. The number of hydrogen-bond acceptors (Lipinski definition) is 3. The van der Waals surface area contributed by atoms with Gasteiger partial charge in [0.05, 0.1) is 5.69 Å². The monoisotopic (exact) mass is 298 g/mol. The molecule has 22 heavy (non-hydrogen) atoms. The number of hydrogen-bond donors (Lipinski definition) is 1. The third-order valence-electron chi connectivity index (χ3n) is 4.36. The van der Waals surface area contributed by atoms with Crippen molar-refractivity contribution in [3.05, 3.63) is 47.8 Å². The molecule has 1 aliphatic heterocycles. The highest BCUT2D eigenvalue weighted by molar-refractivity contribution is 5.17. The van der Waals surface area contributed by atoms with E-state index >= 15 is 0 Å². The van der Waals surface area contributed by atoms with E-state index in [1.54, 1.807) is 0 Å². The van der Waals surface area contributed by atoms with Crippen LogP contribution in [0.25, 0.3) is 0 Å². The fourth-order valence-electron chi connectivity index (χ4n) is 3.02. The number of fused-ring (bicyclic) bond motifs is 1. The van der Waals surface area contributed by atoms with E-state index in [1.165, 1.54) is 29.9 Å². The number of pyridine rings is 1. The Hall–Kier alpha value is -1.68. The van der Waals surface area contributed by atoms with E-state index in [0.29, 0.717) is 5.92 Å². The van der Waals surface area contributed by atoms with E-state index in [1.807, 2.05) is 12.4 Å². The molecule has 3 rings (SSSR count). The highest BCUT2D eigenvalue weighted by Gasteiger charge is 2.26. The lowest BCUT2D eigenvalue weighted by molar-refractivity contribution is 0.422. The molecule has 1 N–H and O–H groups in total. The summed E-state index contributed by atoms with van der Waals surface area (Å²) < 4.78 is 2.36. The number of aryl methyl sites for hydroxylation is 1. The second kappa shape index (κ2) is 6.21. The molecule has 0 aliphatic carbocycles. The number of imidazole rings is 1. The number of nitrogens with one attached hydrogen (secondary N) is 1. The van der Waals surface area contributed by atoms with Crippen LogP contribution in [0.1, 0.15) is 56.6 Å². The molecular weight excluding hydrogens is 272 g/mol. The minimum atomic E-state index is 0.124. The van der Waals surface area contributed by atoms with Gasteiger partial charge in [-0.1, -0.05) is 20.8 Å². The smallest absolute Gasteiger partial charge is 0.113 e. The average Bonchev–Trinajstić information content (AvgIpc) is 2.93. The van der Waals surface area contributed by atoms with Crippen LogP contribution in [0.15, 0.2) is 30.7 Å². The third kappa shape index (κ3) is 3.38. The summed E-state index contributed by atoms with van der Waals surface area (Å²) >= 11 is 0. The molecular formula is C18H26N4. The molecule has 0 amide bonds. The zero-order valence-electron chi connectivity index (χ0n) is 13.8. The Balaban J connectivity index is 1.65. The lowest BCUT2D eigenvalue weighted by Gasteiger charge is -2.23. The van der Waals surface area contributed by atoms with Gasteiger partial charge in [-0.2, -0.15) is 0 Å². The van der Waals surface area contributed by atoms with E-state index < -0.39 is 0 Å². The molecule has 1 atom stereocenters. The topological polar surface area (TPSA) is 42.7 Å². The normalized spacial score (nSPS) is 18.2. The van der Waals surface area contributed by atoms with E-state index in [9.17, 15) is 0 Å². The fraction of sp³-hybridized carbons (Fsp3) is 0.556. The molecule has 0 fully saturated rings. The van der Waals surface area contributed by atoms with Gasteiger partial charge in [0.25, 0.3) is 0 Å². The Bertz CT molecular complexity index is 610. The van der Waals surface area contributed by atoms with Crippen molar-refractivity contribution in [3.8, 4) is 0 Å². The molecule has 0 saturated carbocycles. The molecule has 0 radical (unpaired) electrons. The van der Waals surface area contributed by atoms with E-state index in [2.05, 4.69) is 54.0 Å². The van der Waals surface area contributed by atoms with Crippen LogP contribution in [0.4, 0.5) is 0 Å². The summed E-state index contributed by atoms with van der Waals surface area (Å²) in [5, 5.41) is 3.58. The standard InChI is InChI=1S/C18H26N4/c1-18(2,3)16-13-22-10-4-5-15(17(22)21-16)12-20-11-14-6-8-19-9-7-14/h6-9,13,15,20H,4-5,10-12H2,1-3H3. The Morgan fingerprint density at radius 1 is 1.27 bits per heavy atom. The molecule has 3 heterocycles. The third-order valence-corrected chi connectivity index (χ3v) is 4.36. The lowest BCUT2D eigenvalue weighted by Crippen LogP contribution is -2.26. The summed E-state index contributed by atoms with van der Waals surface area (Å²) in [7, 11) is 0. The van der Waals surface area contributed by atoms with Crippen LogP contribution >= 0.6 is 0 Å². The molecule has 0 spiro atoms. The maximum atomic E-state index is 4.94. The van der Waals surface area contributed by atoms with Crippen LogP contribution < -0.4 is 5.32 Å². The molecule has 2 aromatic heterocycles. The Labute approximate surface area is 133 Å². The van der Waals surface area contributed by atoms with Crippen molar-refractivity contribution in [2.24, 2.45) is 0 Å². The number of rotatable bonds is 4. The molecule has 118 valence electrons. The molecule has 1 unspecified atom stereocenters. The second-order valence-electron chi connectivity index (χ2n) is 7.25. The van der Waals surface area contributed by atoms with Gasteiger partial charge in [-0.3, -0.25) is 4.98 Å². The highest BCUT2D eigenvalue weighted by atomic mass is 15.1. The van der Waals surface area contributed by atoms with Gasteiger partial charge < -0.3 is 9.88 Å². The first kappa shape index (κ1) is 15.2. The van der Waals surface area contributed by atoms with Gasteiger partial charge in [0.2, 0.25) is 0 Å². The molecule has 4 nitrogen and oxygen atoms in total. The van der Waals surface area contributed by atoms with Crippen molar-refractivity contribution >= 4 is 0 Å². The maximum Gasteiger partial charge on any atom is 0.113 e. The molecule has 0 aromatic carbocycles. The first-order chi connectivity index (χ1) is 10.5. The van der Waals surface area contributed by atoms with Crippen LogP contribution in [0.2, 0.25) is 0 Å². The second-order valence-corrected chi connectivity index (χ2v) is 7.25. The van der Waals surface area contributed by atoms with Crippen LogP contribution in [0.5, 0.6) is 0 Å². The van der Waals surface area contributed by atoms with Crippen molar-refractivity contribution in [1.29, 1.82) is 0 Å². The summed E-state index contributed by atoms with van der Waals surface area (Å²) in [6, 6.07) is 4.12. The zero-order chi connectivity index (χ0) is 15.6. The Kier molecular flexibility index (Phi) is 4.30. The van der Waals surface area contributed by atoms with Crippen molar-refractivity contribution in [3.63, 3.8) is 0 Å². The first-order valence-corrected chi connectivity index (χ1v) is 8.21.